The largest absolute Gasteiger partial charge is 0.508 e. The standard InChI is InChI=1S/C88H120N20O31S6/c1-46(89)73(118)102-64-44-141-31-34-144(136,137)107-26-24-106-25-27-108(29-28-107)145(138,139)35-32-142-45-65-84(129)98-59(39-54(87(132)133)70(85(130)103-65)104-81(126)58(38-51-16-11-15-50-14-9-10-17-53(50)51)97-75(120)55(22-23-67(111)112)93-79(124)60(40-66(90)110)94-74(119)47(2)92-83(64)128)78(123)99-61(41-68(113)114)80(125)96-56(36-48-12-7-6-8-13-48)76(121)95-57(37-49-18-20-52(109)21-19-49)77(122)100-62(42-69(115)116)82(127)105-71(88(3,4)5)86(131)101-63(72(91)117)43-140-30-33-143(106,134)135/h6-21,46-47,54-65,70-71,109H,22-45,89H2,1-5H3,(H2,90,110)(H2,91,117)(H,92,128)(H,93,124)(H,94,119)(H,95,121)(H,96,125)(H,97,120)(H,98,129)(H,99,123)(H,100,122)(H,101,131)(H,102,118)(H,103,130)(H,104,126)(H,105,127)(H,111,112)(H,113,114)(H,115,116)(H,132,133)/t46-,47+,54?,55-,56-,57-,58-,59-,60-,61-,62?,63-,64-,65-,70+,71+/m0/s1. The molecule has 19 atom stereocenters. The van der Waals surface area contributed by atoms with Gasteiger partial charge < -0.3 is 117 Å². The molecule has 4 saturated heterocycles. The summed E-state index contributed by atoms with van der Waals surface area (Å²) >= 11 is 2.02. The fraction of sp³-hybridized carbons (Fsp3) is 0.523. The monoisotopic (exact) mass is 2140 g/mol. The number of hydrogen-bond donors (Lipinski definition) is 22. The van der Waals surface area contributed by atoms with Crippen molar-refractivity contribution >= 4 is 195 Å². The second-order valence-electron chi connectivity index (χ2n) is 35.6. The average molecular weight is 2150 g/mol. The smallest absolute Gasteiger partial charge is 0.309 e. The second kappa shape index (κ2) is 53.8. The van der Waals surface area contributed by atoms with Crippen molar-refractivity contribution < 1.29 is 147 Å². The van der Waals surface area contributed by atoms with Gasteiger partial charge in [0.25, 0.3) is 0 Å². The zero-order chi connectivity index (χ0) is 107. The Bertz CT molecular complexity index is 5830. The van der Waals surface area contributed by atoms with Gasteiger partial charge in [0.2, 0.25) is 125 Å². The predicted octanol–water partition coefficient (Wildman–Crippen LogP) is -7.81. The number of nitrogens with one attached hydrogen (secondary N) is 14. The number of carbonyl (C=O) groups is 20. The van der Waals surface area contributed by atoms with E-state index >= 15 is 42.0 Å². The number of aromatic hydroxyl groups is 1. The molecular weight excluding hydrogens is 2030 g/mol. The van der Waals surface area contributed by atoms with Crippen molar-refractivity contribution in [3.05, 3.63) is 114 Å². The molecule has 51 nitrogen and oxygen atoms in total. The third-order valence-electron chi connectivity index (χ3n) is 23.4. The van der Waals surface area contributed by atoms with Crippen LogP contribution in [0.3, 0.4) is 0 Å². The molecule has 145 heavy (non-hydrogen) atoms. The Balaban J connectivity index is 1.31. The van der Waals surface area contributed by atoms with Gasteiger partial charge in [-0.1, -0.05) is 106 Å². The van der Waals surface area contributed by atoms with Gasteiger partial charge in [0.1, 0.15) is 90.3 Å². The minimum absolute atomic E-state index is 0.154. The summed E-state index contributed by atoms with van der Waals surface area (Å²) in [6.07, 6.45) is -8.82. The van der Waals surface area contributed by atoms with Gasteiger partial charge in [0.05, 0.1) is 48.5 Å². The van der Waals surface area contributed by atoms with E-state index in [1.807, 2.05) is 0 Å². The van der Waals surface area contributed by atoms with Crippen LogP contribution in [0.25, 0.3) is 10.8 Å². The van der Waals surface area contributed by atoms with Gasteiger partial charge in [-0.15, -0.1) is 0 Å². The number of nitrogens with two attached hydrogens (primary N) is 3. The first-order valence-electron chi connectivity index (χ1n) is 45.5. The molecule has 57 heteroatoms. The summed E-state index contributed by atoms with van der Waals surface area (Å²) in [6, 6.07) is -6.80. The van der Waals surface area contributed by atoms with Gasteiger partial charge in [0, 0.05) is 99.5 Å². The van der Waals surface area contributed by atoms with Gasteiger partial charge in [-0.25, -0.2) is 25.3 Å². The van der Waals surface area contributed by atoms with Crippen molar-refractivity contribution in [1.29, 1.82) is 0 Å². The lowest BCUT2D eigenvalue weighted by atomic mass is 9.85. The molecule has 0 aliphatic carbocycles. The topological polar surface area (TPSA) is 801 Å². The summed E-state index contributed by atoms with van der Waals surface area (Å²) in [6.45, 7) is 2.40. The highest BCUT2D eigenvalue weighted by molar-refractivity contribution is 8.01. The van der Waals surface area contributed by atoms with Crippen molar-refractivity contribution in [3.8, 4) is 5.75 Å². The van der Waals surface area contributed by atoms with E-state index in [0.29, 0.717) is 22.5 Å². The van der Waals surface area contributed by atoms with Crippen LogP contribution in [-0.2, 0) is 145 Å². The number of primary amides is 2. The molecule has 0 spiro atoms. The first-order chi connectivity index (χ1) is 68.1. The lowest BCUT2D eigenvalue weighted by Gasteiger charge is -2.33. The van der Waals surface area contributed by atoms with E-state index in [9.17, 15) is 105 Å². The van der Waals surface area contributed by atoms with E-state index in [4.69, 9.17) is 17.2 Å². The summed E-state index contributed by atoms with van der Waals surface area (Å²) in [4.78, 5) is 286. The molecule has 5 unspecified atom stereocenters. The molecular formula is C88H120N20O31S6. The Labute approximate surface area is 845 Å². The number of fused-ring (bicyclic) bond motifs is 13. The number of sulfonamides is 3. The quantitative estimate of drug-likeness (QED) is 0.0415. The number of rotatable bonds is 19. The number of nitrogens with zero attached hydrogens (tertiary/aromatic N) is 3. The molecule has 4 aromatic carbocycles. The number of phenols is 1. The van der Waals surface area contributed by atoms with Gasteiger partial charge in [0.15, 0.2) is 0 Å². The average Bonchev–Trinajstić information content (AvgIpc) is 1.78. The zero-order valence-corrected chi connectivity index (χ0v) is 84.2. The third-order valence-corrected chi connectivity index (χ3v) is 33.0. The van der Waals surface area contributed by atoms with E-state index < -0.39 is 399 Å². The lowest BCUT2D eigenvalue weighted by Crippen LogP contribution is -2.62. The maximum Gasteiger partial charge on any atom is 0.309 e. The van der Waals surface area contributed by atoms with E-state index in [-0.39, 0.29) is 22.4 Å². The van der Waals surface area contributed by atoms with Crippen LogP contribution in [0.5, 0.6) is 5.75 Å². The fourth-order valence-electron chi connectivity index (χ4n) is 15.4. The first-order valence-corrected chi connectivity index (χ1v) is 53.8. The maximum atomic E-state index is 15.7. The molecule has 0 saturated carbocycles. The number of aliphatic carboxylic acids is 4. The summed E-state index contributed by atoms with van der Waals surface area (Å²) in [5.74, 6) is -37.7. The van der Waals surface area contributed by atoms with Crippen LogP contribution >= 0.6 is 35.3 Å². The molecule has 4 fully saturated rings. The highest BCUT2D eigenvalue weighted by Gasteiger charge is 2.47. The van der Waals surface area contributed by atoms with Crippen molar-refractivity contribution in [2.24, 2.45) is 28.5 Å². The molecule has 6 bridgehead atoms. The van der Waals surface area contributed by atoms with Crippen molar-refractivity contribution in [1.82, 2.24) is 87.4 Å². The normalized spacial score (nSPS) is 27.7. The van der Waals surface area contributed by atoms with Gasteiger partial charge in [-0.3, -0.25) is 95.9 Å². The molecule has 16 amide bonds. The van der Waals surface area contributed by atoms with Crippen LogP contribution < -0.4 is 91.6 Å². The van der Waals surface area contributed by atoms with Crippen molar-refractivity contribution in [2.45, 2.75) is 183 Å². The Kier molecular flexibility index (Phi) is 43.5. The lowest BCUT2D eigenvalue weighted by molar-refractivity contribution is -0.147. The van der Waals surface area contributed by atoms with Crippen molar-refractivity contribution in [3.63, 3.8) is 0 Å². The Hall–Kier alpha value is -12.9. The minimum atomic E-state index is -4.82. The molecule has 4 aliphatic rings. The Morgan fingerprint density at radius 1 is 0.441 bits per heavy atom. The predicted molar refractivity (Wildman–Crippen MR) is 524 cm³/mol. The van der Waals surface area contributed by atoms with Crippen LogP contribution in [0.1, 0.15) is 89.8 Å². The maximum absolute atomic E-state index is 15.7. The first kappa shape index (κ1) is 117. The second-order valence-corrected chi connectivity index (χ2v) is 45.4. The van der Waals surface area contributed by atoms with Crippen molar-refractivity contribution in [2.75, 3.05) is 91.0 Å². The van der Waals surface area contributed by atoms with Crippen LogP contribution in [0.15, 0.2) is 97.1 Å². The fourth-order valence-corrected chi connectivity index (χ4v) is 24.2. The minimum Gasteiger partial charge on any atom is -0.508 e. The van der Waals surface area contributed by atoms with Crippen LogP contribution in [0, 0.1) is 11.3 Å². The highest BCUT2D eigenvalue weighted by Crippen LogP contribution is 2.27. The summed E-state index contributed by atoms with van der Waals surface area (Å²) in [7, 11) is -14.2. The van der Waals surface area contributed by atoms with Crippen LogP contribution in [0.4, 0.5) is 0 Å². The zero-order valence-electron chi connectivity index (χ0n) is 79.3. The Morgan fingerprint density at radius 2 is 0.869 bits per heavy atom. The van der Waals surface area contributed by atoms with E-state index in [0.717, 1.165) is 43.4 Å². The van der Waals surface area contributed by atoms with Crippen LogP contribution in [-0.4, -0.2) is 364 Å². The molecule has 4 heterocycles. The molecule has 8 rings (SSSR count). The summed E-state index contributed by atoms with van der Waals surface area (Å²) in [5.41, 5.74) is 16.5. The van der Waals surface area contributed by atoms with E-state index in [2.05, 4.69) is 74.4 Å². The van der Waals surface area contributed by atoms with Crippen LogP contribution in [0.2, 0.25) is 0 Å². The number of benzene rings is 4. The van der Waals surface area contributed by atoms with Gasteiger partial charge >= 0.3 is 23.9 Å². The summed E-state index contributed by atoms with van der Waals surface area (Å²) in [5, 5.41) is 86.1. The molecule has 4 aliphatic heterocycles. The third kappa shape index (κ3) is 36.1. The number of hydrogen-bond acceptors (Lipinski definition) is 31. The molecule has 0 aromatic heterocycles. The van der Waals surface area contributed by atoms with Gasteiger partial charge in [-0.05, 0) is 71.7 Å². The Morgan fingerprint density at radius 3 is 1.37 bits per heavy atom. The number of phenolic OH excluding ortho intramolecular Hbond substituents is 1. The highest BCUT2D eigenvalue weighted by atomic mass is 32.2. The molecule has 25 N–H and O–H groups in total. The van der Waals surface area contributed by atoms with E-state index in [1.165, 1.54) is 88.4 Å². The number of carboxylic acids is 4. The SMILES string of the molecule is C[C@H](N)C(=O)N[C@H]1CSCCS(=O)(=O)N2CCN3CCN(CC2)S(=O)(=O)CCSC[C@@H]2NC(=O)[C@H](NC(=O)[C@H](Cc4cccc5ccccc45)NC(=O)[C@H](CCC(=O)O)NC(=O)[C@H](CC(N)=O)NC(=O)[C@@H](C)NC1=O)C(C(=O)O)C[C@H](NC2=O)C(=O)N[C@@H](CC(=O)O)C(=O)N[C@@H](Cc1ccccc1)C(=O)N[C@@H](Cc1ccc(O)cc1)C(=O)NC(CC(=O)O)C(=O)N[C@@H](C(C)(C)C)C(=O)N[C@H](C(N)=O)CSCCS3(=O)=O. The number of carbonyl (C=O) groups excluding carboxylic acids is 16. The van der Waals surface area contributed by atoms with Gasteiger partial charge in [-0.2, -0.15) is 48.2 Å². The van der Waals surface area contributed by atoms with E-state index in [1.54, 1.807) is 36.4 Å². The summed E-state index contributed by atoms with van der Waals surface area (Å²) < 4.78 is 91.5. The molecule has 4 aromatic rings. The molecule has 0 radical (unpaired) electrons. The number of thioether (sulfide) groups is 3. The number of carboxylic acid groups (broad SMARTS) is 4. The molecule has 794 valence electrons. The number of amides is 16.